The maximum Gasteiger partial charge on any atom is 0.471 e. The maximum atomic E-state index is 12.8. The lowest BCUT2D eigenvalue weighted by atomic mass is 9.71. The highest BCUT2D eigenvalue weighted by Crippen LogP contribution is 2.41. The predicted octanol–water partition coefficient (Wildman–Crippen LogP) is 3.35. The second kappa shape index (κ2) is 9.07. The van der Waals surface area contributed by atoms with Crippen LogP contribution in [0.15, 0.2) is 42.6 Å². The van der Waals surface area contributed by atoms with Gasteiger partial charge in [-0.15, -0.1) is 0 Å². The molecule has 0 saturated carbocycles. The molecule has 1 aromatic carbocycles. The summed E-state index contributed by atoms with van der Waals surface area (Å²) in [4.78, 5) is 44.0. The van der Waals surface area contributed by atoms with Gasteiger partial charge in [-0.1, -0.05) is 24.3 Å². The number of nitrogens with zero attached hydrogens (tertiary/aromatic N) is 3. The second-order valence-electron chi connectivity index (χ2n) is 9.59. The molecule has 1 saturated heterocycles. The Balaban J connectivity index is 1.26. The van der Waals surface area contributed by atoms with Gasteiger partial charge < -0.3 is 15.1 Å². The SMILES string of the molecule is O=C(C=Cc1cnc2c(c1)CC1(CCN(C(=O)C(F)(F)F)CC1)C(=O)N2)N1CCc2ccccc2C1. The molecule has 10 heteroatoms. The van der Waals surface area contributed by atoms with Crippen LogP contribution in [-0.2, 0) is 33.8 Å². The molecule has 1 fully saturated rings. The Morgan fingerprint density at radius 3 is 2.47 bits per heavy atom. The van der Waals surface area contributed by atoms with Crippen LogP contribution in [0.25, 0.3) is 6.08 Å². The van der Waals surface area contributed by atoms with Crippen LogP contribution >= 0.6 is 0 Å². The van der Waals surface area contributed by atoms with Crippen molar-refractivity contribution in [2.45, 2.75) is 38.4 Å². The molecular weight excluding hydrogens is 473 g/mol. The third-order valence-corrected chi connectivity index (χ3v) is 7.34. The molecule has 5 rings (SSSR count). The van der Waals surface area contributed by atoms with E-state index in [-0.39, 0.29) is 37.7 Å². The van der Waals surface area contributed by atoms with E-state index in [1.54, 1.807) is 17.2 Å². The van der Waals surface area contributed by atoms with Gasteiger partial charge in [0.1, 0.15) is 5.82 Å². The van der Waals surface area contributed by atoms with Crippen LogP contribution < -0.4 is 5.32 Å². The third-order valence-electron chi connectivity index (χ3n) is 7.34. The average Bonchev–Trinajstić information content (AvgIpc) is 2.87. The van der Waals surface area contributed by atoms with E-state index >= 15 is 0 Å². The summed E-state index contributed by atoms with van der Waals surface area (Å²) in [5.41, 5.74) is 2.96. The highest BCUT2D eigenvalue weighted by Gasteiger charge is 2.49. The number of hydrogen-bond acceptors (Lipinski definition) is 4. The first-order chi connectivity index (χ1) is 17.1. The van der Waals surface area contributed by atoms with Gasteiger partial charge in [-0.05, 0) is 60.1 Å². The normalized spacial score (nSPS) is 19.1. The van der Waals surface area contributed by atoms with Gasteiger partial charge in [-0.3, -0.25) is 14.4 Å². The Bertz CT molecular complexity index is 1250. The molecule has 3 aliphatic heterocycles. The number of anilines is 1. The molecule has 2 aromatic rings. The lowest BCUT2D eigenvalue weighted by Gasteiger charge is -2.43. The van der Waals surface area contributed by atoms with Crippen LogP contribution in [0.2, 0.25) is 0 Å². The van der Waals surface area contributed by atoms with Crippen LogP contribution in [0.4, 0.5) is 19.0 Å². The number of halogens is 3. The number of aromatic nitrogens is 1. The number of carbonyl (C=O) groups is 3. The summed E-state index contributed by atoms with van der Waals surface area (Å²) in [6.45, 7) is 0.929. The molecule has 1 N–H and O–H groups in total. The highest BCUT2D eigenvalue weighted by molar-refractivity contribution is 5.98. The largest absolute Gasteiger partial charge is 0.471 e. The minimum Gasteiger partial charge on any atom is -0.335 e. The summed E-state index contributed by atoms with van der Waals surface area (Å²) in [5.74, 6) is -1.85. The Kier molecular flexibility index (Phi) is 6.05. The van der Waals surface area contributed by atoms with E-state index in [1.807, 2.05) is 24.3 Å². The zero-order chi connectivity index (χ0) is 25.5. The van der Waals surface area contributed by atoms with Crippen molar-refractivity contribution in [2.75, 3.05) is 25.0 Å². The lowest BCUT2D eigenvalue weighted by Crippen LogP contribution is -2.53. The van der Waals surface area contributed by atoms with Crippen LogP contribution in [0.1, 0.15) is 35.1 Å². The van der Waals surface area contributed by atoms with Gasteiger partial charge in [0.15, 0.2) is 0 Å². The monoisotopic (exact) mass is 498 g/mol. The summed E-state index contributed by atoms with van der Waals surface area (Å²) in [6.07, 6.45) is 1.23. The van der Waals surface area contributed by atoms with Crippen molar-refractivity contribution in [3.8, 4) is 0 Å². The van der Waals surface area contributed by atoms with Crippen molar-refractivity contribution in [2.24, 2.45) is 5.41 Å². The summed E-state index contributed by atoms with van der Waals surface area (Å²) in [5, 5.41) is 2.77. The second-order valence-corrected chi connectivity index (χ2v) is 9.59. The summed E-state index contributed by atoms with van der Waals surface area (Å²) >= 11 is 0. The number of pyridine rings is 1. The highest BCUT2D eigenvalue weighted by atomic mass is 19.4. The number of likely N-dealkylation sites (tertiary alicyclic amines) is 1. The molecule has 0 aliphatic carbocycles. The molecule has 7 nitrogen and oxygen atoms in total. The summed E-state index contributed by atoms with van der Waals surface area (Å²) in [6, 6.07) is 9.91. The van der Waals surface area contributed by atoms with Crippen molar-refractivity contribution >= 4 is 29.6 Å². The molecule has 36 heavy (non-hydrogen) atoms. The average molecular weight is 499 g/mol. The van der Waals surface area contributed by atoms with Crippen molar-refractivity contribution in [3.63, 3.8) is 0 Å². The molecule has 0 unspecified atom stereocenters. The minimum absolute atomic E-state index is 0.103. The first-order valence-corrected chi connectivity index (χ1v) is 11.8. The predicted molar refractivity (Wildman–Crippen MR) is 125 cm³/mol. The van der Waals surface area contributed by atoms with E-state index in [2.05, 4.69) is 16.4 Å². The molecule has 0 bridgehead atoms. The van der Waals surface area contributed by atoms with Gasteiger partial charge in [-0.25, -0.2) is 4.98 Å². The first kappa shape index (κ1) is 24.0. The summed E-state index contributed by atoms with van der Waals surface area (Å²) < 4.78 is 38.4. The number of fused-ring (bicyclic) bond motifs is 2. The number of hydrogen-bond donors (Lipinski definition) is 1. The Hall–Kier alpha value is -3.69. The van der Waals surface area contributed by atoms with E-state index in [0.29, 0.717) is 30.9 Å². The minimum atomic E-state index is -4.92. The third kappa shape index (κ3) is 4.59. The van der Waals surface area contributed by atoms with Crippen molar-refractivity contribution < 1.29 is 27.6 Å². The molecule has 3 amide bonds. The fourth-order valence-electron chi connectivity index (χ4n) is 5.23. The molecule has 0 radical (unpaired) electrons. The molecule has 4 heterocycles. The maximum absolute atomic E-state index is 12.8. The van der Waals surface area contributed by atoms with E-state index in [0.717, 1.165) is 22.4 Å². The molecule has 1 aromatic heterocycles. The Labute approximate surface area is 206 Å². The van der Waals surface area contributed by atoms with E-state index in [1.165, 1.54) is 11.6 Å². The van der Waals surface area contributed by atoms with Crippen molar-refractivity contribution in [3.05, 3.63) is 64.9 Å². The first-order valence-electron chi connectivity index (χ1n) is 11.8. The molecule has 3 aliphatic rings. The van der Waals surface area contributed by atoms with Gasteiger partial charge >= 0.3 is 12.1 Å². The van der Waals surface area contributed by atoms with Gasteiger partial charge in [0.2, 0.25) is 11.8 Å². The van der Waals surface area contributed by atoms with Crippen LogP contribution in [0, 0.1) is 5.41 Å². The van der Waals surface area contributed by atoms with Crippen LogP contribution in [-0.4, -0.2) is 58.3 Å². The number of carbonyl (C=O) groups excluding carboxylic acids is 3. The van der Waals surface area contributed by atoms with Gasteiger partial charge in [-0.2, -0.15) is 13.2 Å². The van der Waals surface area contributed by atoms with Gasteiger partial charge in [0.25, 0.3) is 0 Å². The van der Waals surface area contributed by atoms with Gasteiger partial charge in [0.05, 0.1) is 5.41 Å². The molecule has 188 valence electrons. The fraction of sp³-hybridized carbons (Fsp3) is 0.385. The number of amides is 3. The Morgan fingerprint density at radius 2 is 1.75 bits per heavy atom. The van der Waals surface area contributed by atoms with Crippen LogP contribution in [0.3, 0.4) is 0 Å². The lowest BCUT2D eigenvalue weighted by molar-refractivity contribution is -0.187. The van der Waals surface area contributed by atoms with Crippen molar-refractivity contribution in [1.29, 1.82) is 0 Å². The Morgan fingerprint density at radius 1 is 1.03 bits per heavy atom. The number of alkyl halides is 3. The molecule has 0 atom stereocenters. The van der Waals surface area contributed by atoms with Gasteiger partial charge in [0, 0.05) is 38.5 Å². The standard InChI is InChI=1S/C26H25F3N4O3/c27-26(28,29)24(36)32-11-8-25(9-12-32)14-20-13-17(15-30-22(20)31-23(25)35)5-6-21(34)33-10-7-18-3-1-2-4-19(18)16-33/h1-6,13,15H,7-12,14,16H2,(H,30,31,35). The van der Waals surface area contributed by atoms with E-state index in [4.69, 9.17) is 0 Å². The number of nitrogens with one attached hydrogen (secondary N) is 1. The zero-order valence-electron chi connectivity index (χ0n) is 19.5. The van der Waals surface area contributed by atoms with E-state index in [9.17, 15) is 27.6 Å². The quantitative estimate of drug-likeness (QED) is 0.644. The summed E-state index contributed by atoms with van der Waals surface area (Å²) in [7, 11) is 0. The smallest absolute Gasteiger partial charge is 0.335 e. The van der Waals surface area contributed by atoms with Crippen LogP contribution in [0.5, 0.6) is 0 Å². The topological polar surface area (TPSA) is 82.6 Å². The van der Waals surface area contributed by atoms with E-state index < -0.39 is 17.5 Å². The molecule has 1 spiro atoms. The fourth-order valence-corrected chi connectivity index (χ4v) is 5.23. The van der Waals surface area contributed by atoms with Crippen molar-refractivity contribution in [1.82, 2.24) is 14.8 Å². The number of benzene rings is 1. The zero-order valence-corrected chi connectivity index (χ0v) is 19.5. The molecular formula is C26H25F3N4O3. The number of piperidine rings is 1. The number of rotatable bonds is 2.